The number of aryl methyl sites for hydroxylation is 2. The Bertz CT molecular complexity index is 872. The van der Waals surface area contributed by atoms with Crippen molar-refractivity contribution >= 4 is 23.2 Å². The first kappa shape index (κ1) is 16.6. The van der Waals surface area contributed by atoms with E-state index in [-0.39, 0.29) is 11.7 Å². The van der Waals surface area contributed by atoms with Gasteiger partial charge in [-0.1, -0.05) is 0 Å². The first-order valence-electron chi connectivity index (χ1n) is 7.76. The third kappa shape index (κ3) is 4.38. The van der Waals surface area contributed by atoms with Crippen LogP contribution < -0.4 is 10.6 Å². The number of amides is 1. The highest BCUT2D eigenvalue weighted by Crippen LogP contribution is 2.18. The van der Waals surface area contributed by atoms with Crippen molar-refractivity contribution < 1.29 is 9.18 Å². The Morgan fingerprint density at radius 1 is 0.880 bits per heavy atom. The molecule has 3 aromatic rings. The van der Waals surface area contributed by atoms with E-state index in [4.69, 9.17) is 0 Å². The highest BCUT2D eigenvalue weighted by atomic mass is 19.1. The summed E-state index contributed by atoms with van der Waals surface area (Å²) >= 11 is 0. The van der Waals surface area contributed by atoms with Crippen molar-refractivity contribution in [1.29, 1.82) is 0 Å². The van der Waals surface area contributed by atoms with Crippen molar-refractivity contribution in [2.75, 3.05) is 10.6 Å². The highest BCUT2D eigenvalue weighted by molar-refractivity contribution is 6.04. The van der Waals surface area contributed by atoms with Crippen molar-refractivity contribution in [3.05, 3.63) is 77.4 Å². The number of nitrogens with one attached hydrogen (secondary N) is 2. The van der Waals surface area contributed by atoms with Gasteiger partial charge in [-0.05, 0) is 68.4 Å². The molecule has 2 N–H and O–H groups in total. The maximum absolute atomic E-state index is 12.9. The SMILES string of the molecule is Cc1cc(C)nc(Nc2ccc(NC(=O)c3ccc(F)cc3)cc2)n1. The van der Waals surface area contributed by atoms with Crippen LogP contribution in [0.5, 0.6) is 0 Å². The molecule has 0 unspecified atom stereocenters. The monoisotopic (exact) mass is 336 g/mol. The first-order chi connectivity index (χ1) is 12.0. The lowest BCUT2D eigenvalue weighted by molar-refractivity contribution is 0.102. The second kappa shape index (κ2) is 7.09. The summed E-state index contributed by atoms with van der Waals surface area (Å²) in [6.07, 6.45) is 0. The fourth-order valence-electron chi connectivity index (χ4n) is 2.35. The number of aromatic nitrogens is 2. The summed E-state index contributed by atoms with van der Waals surface area (Å²) in [4.78, 5) is 20.8. The van der Waals surface area contributed by atoms with E-state index in [1.807, 2.05) is 32.0 Å². The molecule has 0 saturated heterocycles. The van der Waals surface area contributed by atoms with E-state index in [0.29, 0.717) is 17.2 Å². The van der Waals surface area contributed by atoms with Gasteiger partial charge < -0.3 is 10.6 Å². The molecule has 0 aliphatic carbocycles. The van der Waals surface area contributed by atoms with Crippen molar-refractivity contribution in [3.63, 3.8) is 0 Å². The van der Waals surface area contributed by atoms with Crippen LogP contribution in [0.4, 0.5) is 21.7 Å². The van der Waals surface area contributed by atoms with Crippen LogP contribution in [-0.4, -0.2) is 15.9 Å². The fraction of sp³-hybridized carbons (Fsp3) is 0.105. The van der Waals surface area contributed by atoms with Gasteiger partial charge in [0, 0.05) is 28.3 Å². The number of anilines is 3. The highest BCUT2D eigenvalue weighted by Gasteiger charge is 2.06. The number of rotatable bonds is 4. The molecular formula is C19H17FN4O. The van der Waals surface area contributed by atoms with Gasteiger partial charge in [0.2, 0.25) is 5.95 Å². The van der Waals surface area contributed by atoms with Crippen LogP contribution >= 0.6 is 0 Å². The van der Waals surface area contributed by atoms with E-state index in [9.17, 15) is 9.18 Å². The quantitative estimate of drug-likeness (QED) is 0.748. The minimum atomic E-state index is -0.374. The van der Waals surface area contributed by atoms with Crippen molar-refractivity contribution in [2.24, 2.45) is 0 Å². The second-order valence-electron chi connectivity index (χ2n) is 5.64. The number of benzene rings is 2. The number of halogens is 1. The molecule has 126 valence electrons. The third-order valence-electron chi connectivity index (χ3n) is 3.49. The van der Waals surface area contributed by atoms with Gasteiger partial charge in [0.1, 0.15) is 5.82 Å². The van der Waals surface area contributed by atoms with E-state index in [1.54, 1.807) is 12.1 Å². The lowest BCUT2D eigenvalue weighted by atomic mass is 10.2. The predicted octanol–water partition coefficient (Wildman–Crippen LogP) is 4.23. The first-order valence-corrected chi connectivity index (χ1v) is 7.76. The number of hydrogen-bond acceptors (Lipinski definition) is 4. The van der Waals surface area contributed by atoms with Crippen LogP contribution in [0.15, 0.2) is 54.6 Å². The van der Waals surface area contributed by atoms with Crippen LogP contribution in [0.3, 0.4) is 0 Å². The van der Waals surface area contributed by atoms with Crippen molar-refractivity contribution in [2.45, 2.75) is 13.8 Å². The molecule has 0 aliphatic heterocycles. The summed E-state index contributed by atoms with van der Waals surface area (Å²) in [6.45, 7) is 3.82. The van der Waals surface area contributed by atoms with Crippen LogP contribution in [0.2, 0.25) is 0 Å². The number of nitrogens with zero attached hydrogens (tertiary/aromatic N) is 2. The average Bonchev–Trinajstić information content (AvgIpc) is 2.56. The lowest BCUT2D eigenvalue weighted by Crippen LogP contribution is -2.11. The topological polar surface area (TPSA) is 66.9 Å². The zero-order valence-electron chi connectivity index (χ0n) is 13.9. The van der Waals surface area contributed by atoms with E-state index < -0.39 is 0 Å². The summed E-state index contributed by atoms with van der Waals surface area (Å²) in [7, 11) is 0. The van der Waals surface area contributed by atoms with Crippen LogP contribution in [0.1, 0.15) is 21.7 Å². The molecule has 0 saturated carbocycles. The molecule has 1 amide bonds. The molecule has 1 heterocycles. The second-order valence-corrected chi connectivity index (χ2v) is 5.64. The predicted molar refractivity (Wildman–Crippen MR) is 95.6 cm³/mol. The van der Waals surface area contributed by atoms with Gasteiger partial charge in [0.25, 0.3) is 5.91 Å². The fourth-order valence-corrected chi connectivity index (χ4v) is 2.35. The molecule has 0 aliphatic rings. The Hall–Kier alpha value is -3.28. The van der Waals surface area contributed by atoms with Crippen LogP contribution in [0.25, 0.3) is 0 Å². The Balaban J connectivity index is 1.67. The summed E-state index contributed by atoms with van der Waals surface area (Å²) in [6, 6.07) is 14.5. The lowest BCUT2D eigenvalue weighted by Gasteiger charge is -2.09. The molecule has 1 aromatic heterocycles. The average molecular weight is 336 g/mol. The summed E-state index contributed by atoms with van der Waals surface area (Å²) in [5.74, 6) is -0.139. The molecule has 0 fully saturated rings. The van der Waals surface area contributed by atoms with Gasteiger partial charge >= 0.3 is 0 Å². The molecule has 3 rings (SSSR count). The molecule has 0 radical (unpaired) electrons. The number of carbonyl (C=O) groups is 1. The zero-order chi connectivity index (χ0) is 17.8. The van der Waals surface area contributed by atoms with Gasteiger partial charge in [0.05, 0.1) is 0 Å². The van der Waals surface area contributed by atoms with Crippen LogP contribution in [-0.2, 0) is 0 Å². The zero-order valence-corrected chi connectivity index (χ0v) is 13.9. The number of carbonyl (C=O) groups excluding carboxylic acids is 1. The third-order valence-corrected chi connectivity index (χ3v) is 3.49. The maximum Gasteiger partial charge on any atom is 0.255 e. The molecule has 0 spiro atoms. The van der Waals surface area contributed by atoms with Gasteiger partial charge in [-0.2, -0.15) is 0 Å². The molecule has 0 bridgehead atoms. The van der Waals surface area contributed by atoms with Gasteiger partial charge in [-0.25, -0.2) is 14.4 Å². The van der Waals surface area contributed by atoms with E-state index in [1.165, 1.54) is 24.3 Å². The van der Waals surface area contributed by atoms with Gasteiger partial charge in [0.15, 0.2) is 0 Å². The Morgan fingerprint density at radius 3 is 2.04 bits per heavy atom. The smallest absolute Gasteiger partial charge is 0.255 e. The summed E-state index contributed by atoms with van der Waals surface area (Å²) in [5.41, 5.74) is 3.62. The normalized spacial score (nSPS) is 10.4. The standard InChI is InChI=1S/C19H17FN4O/c1-12-11-13(2)22-19(21-12)24-17-9-7-16(8-10-17)23-18(25)14-3-5-15(20)6-4-14/h3-11H,1-2H3,(H,23,25)(H,21,22,24). The van der Waals surface area contributed by atoms with Gasteiger partial charge in [-0.3, -0.25) is 4.79 Å². The largest absolute Gasteiger partial charge is 0.324 e. The Kier molecular flexibility index (Phi) is 4.70. The van der Waals surface area contributed by atoms with E-state index >= 15 is 0 Å². The van der Waals surface area contributed by atoms with Crippen molar-refractivity contribution in [1.82, 2.24) is 9.97 Å². The van der Waals surface area contributed by atoms with E-state index in [0.717, 1.165) is 17.1 Å². The molecule has 6 heteroatoms. The van der Waals surface area contributed by atoms with Crippen molar-refractivity contribution in [3.8, 4) is 0 Å². The summed E-state index contributed by atoms with van der Waals surface area (Å²) in [5, 5.41) is 5.89. The Morgan fingerprint density at radius 2 is 1.44 bits per heavy atom. The molecule has 2 aromatic carbocycles. The summed E-state index contributed by atoms with van der Waals surface area (Å²) < 4.78 is 12.9. The van der Waals surface area contributed by atoms with Gasteiger partial charge in [-0.15, -0.1) is 0 Å². The molecule has 5 nitrogen and oxygen atoms in total. The maximum atomic E-state index is 12.9. The minimum absolute atomic E-state index is 0.293. The minimum Gasteiger partial charge on any atom is -0.324 e. The molecular weight excluding hydrogens is 319 g/mol. The molecule has 0 atom stereocenters. The number of hydrogen-bond donors (Lipinski definition) is 2. The Labute approximate surface area is 145 Å². The van der Waals surface area contributed by atoms with E-state index in [2.05, 4.69) is 20.6 Å². The van der Waals surface area contributed by atoms with Crippen LogP contribution in [0, 0.1) is 19.7 Å². The molecule has 25 heavy (non-hydrogen) atoms.